The summed E-state index contributed by atoms with van der Waals surface area (Å²) in [4.78, 5) is 22.7. The number of hydrogen-bond donors (Lipinski definition) is 1. The van der Waals surface area contributed by atoms with Gasteiger partial charge in [-0.15, -0.1) is 11.8 Å². The molecule has 2 aromatic rings. The van der Waals surface area contributed by atoms with Crippen LogP contribution in [0.25, 0.3) is 0 Å². The van der Waals surface area contributed by atoms with Crippen molar-refractivity contribution in [2.75, 3.05) is 5.75 Å². The Morgan fingerprint density at radius 2 is 2.22 bits per heavy atom. The van der Waals surface area contributed by atoms with E-state index in [0.29, 0.717) is 29.3 Å². The minimum atomic E-state index is -0.280. The highest BCUT2D eigenvalue weighted by molar-refractivity contribution is 7.99. The maximum atomic E-state index is 12.4. The van der Waals surface area contributed by atoms with Crippen LogP contribution in [-0.4, -0.2) is 31.6 Å². The van der Waals surface area contributed by atoms with Crippen LogP contribution in [0, 0.1) is 6.92 Å². The van der Waals surface area contributed by atoms with Crippen LogP contribution in [0.15, 0.2) is 30.6 Å². The lowest BCUT2D eigenvalue weighted by Gasteiger charge is -2.35. The fourth-order valence-electron chi connectivity index (χ4n) is 2.45. The van der Waals surface area contributed by atoms with Crippen molar-refractivity contribution >= 4 is 29.3 Å². The van der Waals surface area contributed by atoms with Gasteiger partial charge in [-0.2, -0.15) is 0 Å². The third-order valence-corrected chi connectivity index (χ3v) is 5.12. The van der Waals surface area contributed by atoms with Gasteiger partial charge in [0.2, 0.25) is 5.91 Å². The van der Waals surface area contributed by atoms with Crippen LogP contribution in [0.3, 0.4) is 0 Å². The van der Waals surface area contributed by atoms with Crippen molar-refractivity contribution in [2.45, 2.75) is 25.3 Å². The summed E-state index contributed by atoms with van der Waals surface area (Å²) in [5.41, 5.74) is 2.20. The number of nitrogens with zero attached hydrogens (tertiary/aromatic N) is 3. The van der Waals surface area contributed by atoms with Crippen molar-refractivity contribution in [2.24, 2.45) is 0 Å². The molecule has 7 heteroatoms. The average molecular weight is 350 g/mol. The van der Waals surface area contributed by atoms with E-state index < -0.39 is 0 Å². The van der Waals surface area contributed by atoms with Crippen molar-refractivity contribution in [3.63, 3.8) is 0 Å². The maximum Gasteiger partial charge on any atom is 0.224 e. The summed E-state index contributed by atoms with van der Waals surface area (Å²) in [6.07, 6.45) is 3.83. The molecule has 23 heavy (non-hydrogen) atoms. The van der Waals surface area contributed by atoms with Crippen LogP contribution in [0.5, 0.6) is 5.75 Å². The Morgan fingerprint density at radius 3 is 2.96 bits per heavy atom. The highest BCUT2D eigenvalue weighted by Gasteiger charge is 2.32. The molecule has 1 amide bonds. The standard InChI is InChI=1S/C16H16ClN3O2S/c1-10-7-19-12(8-18-10)9-20-15(22)4-5-23-16(20)13-6-11(17)2-3-14(13)21/h2-3,6-8,16,21H,4-5,9H2,1H3. The van der Waals surface area contributed by atoms with Gasteiger partial charge in [-0.3, -0.25) is 14.8 Å². The maximum absolute atomic E-state index is 12.4. The number of hydrogen-bond acceptors (Lipinski definition) is 5. The molecule has 1 aliphatic rings. The normalized spacial score (nSPS) is 18.3. The molecule has 3 rings (SSSR count). The number of halogens is 1. The molecule has 2 heterocycles. The van der Waals surface area contributed by atoms with Gasteiger partial charge in [0.25, 0.3) is 0 Å². The highest BCUT2D eigenvalue weighted by Crippen LogP contribution is 2.42. The molecule has 1 aromatic heterocycles. The summed E-state index contributed by atoms with van der Waals surface area (Å²) < 4.78 is 0. The molecule has 0 radical (unpaired) electrons. The molecule has 0 saturated carbocycles. The van der Waals surface area contributed by atoms with E-state index in [1.807, 2.05) is 6.92 Å². The van der Waals surface area contributed by atoms with Gasteiger partial charge in [-0.1, -0.05) is 11.6 Å². The van der Waals surface area contributed by atoms with Crippen molar-refractivity contribution < 1.29 is 9.90 Å². The number of phenolic OH excluding ortho intramolecular Hbond substituents is 1. The third-order valence-electron chi connectivity index (χ3n) is 3.62. The summed E-state index contributed by atoms with van der Waals surface area (Å²) in [6.45, 7) is 2.22. The molecular formula is C16H16ClN3O2S. The van der Waals surface area contributed by atoms with Gasteiger partial charge in [-0.25, -0.2) is 0 Å². The lowest BCUT2D eigenvalue weighted by molar-refractivity contribution is -0.132. The summed E-state index contributed by atoms with van der Waals surface area (Å²) >= 11 is 7.66. The van der Waals surface area contributed by atoms with E-state index in [0.717, 1.165) is 11.4 Å². The predicted octanol–water partition coefficient (Wildman–Crippen LogP) is 3.31. The van der Waals surface area contributed by atoms with E-state index in [2.05, 4.69) is 9.97 Å². The van der Waals surface area contributed by atoms with E-state index in [1.54, 1.807) is 47.3 Å². The minimum Gasteiger partial charge on any atom is -0.508 e. The zero-order valence-electron chi connectivity index (χ0n) is 12.6. The summed E-state index contributed by atoms with van der Waals surface area (Å²) in [5, 5.41) is 10.4. The molecule has 1 unspecified atom stereocenters. The number of phenols is 1. The lowest BCUT2D eigenvalue weighted by Crippen LogP contribution is -2.37. The Bertz CT molecular complexity index is 724. The highest BCUT2D eigenvalue weighted by atomic mass is 35.5. The Labute approximate surface area is 143 Å². The van der Waals surface area contributed by atoms with Gasteiger partial charge in [0.1, 0.15) is 11.1 Å². The number of thioether (sulfide) groups is 1. The van der Waals surface area contributed by atoms with Crippen molar-refractivity contribution in [1.29, 1.82) is 0 Å². The van der Waals surface area contributed by atoms with E-state index in [-0.39, 0.29) is 17.0 Å². The molecule has 0 aliphatic carbocycles. The van der Waals surface area contributed by atoms with E-state index in [9.17, 15) is 9.90 Å². The number of carbonyl (C=O) groups is 1. The van der Waals surface area contributed by atoms with Gasteiger partial charge in [0.15, 0.2) is 0 Å². The van der Waals surface area contributed by atoms with Gasteiger partial charge >= 0.3 is 0 Å². The summed E-state index contributed by atoms with van der Waals surface area (Å²) in [6, 6.07) is 4.90. The Morgan fingerprint density at radius 1 is 1.39 bits per heavy atom. The summed E-state index contributed by atoms with van der Waals surface area (Å²) in [7, 11) is 0. The number of amides is 1. The van der Waals surface area contributed by atoms with Gasteiger partial charge in [0.05, 0.1) is 24.1 Å². The second-order valence-electron chi connectivity index (χ2n) is 5.35. The van der Waals surface area contributed by atoms with Crippen molar-refractivity contribution in [1.82, 2.24) is 14.9 Å². The monoisotopic (exact) mass is 349 g/mol. The molecule has 0 spiro atoms. The zero-order chi connectivity index (χ0) is 16.4. The molecule has 5 nitrogen and oxygen atoms in total. The molecule has 0 bridgehead atoms. The predicted molar refractivity (Wildman–Crippen MR) is 90.3 cm³/mol. The molecule has 1 fully saturated rings. The zero-order valence-corrected chi connectivity index (χ0v) is 14.1. The number of aromatic nitrogens is 2. The number of aromatic hydroxyl groups is 1. The van der Waals surface area contributed by atoms with Crippen molar-refractivity contribution in [3.8, 4) is 5.75 Å². The summed E-state index contributed by atoms with van der Waals surface area (Å²) in [5.74, 6) is 0.892. The second-order valence-corrected chi connectivity index (χ2v) is 6.97. The van der Waals surface area contributed by atoms with E-state index >= 15 is 0 Å². The van der Waals surface area contributed by atoms with Crippen LogP contribution in [0.1, 0.15) is 28.7 Å². The first-order valence-corrected chi connectivity index (χ1v) is 8.64. The largest absolute Gasteiger partial charge is 0.508 e. The van der Waals surface area contributed by atoms with Crippen LogP contribution in [0.2, 0.25) is 5.02 Å². The number of rotatable bonds is 3. The topological polar surface area (TPSA) is 66.3 Å². The number of aryl methyl sites for hydroxylation is 1. The fourth-order valence-corrected chi connectivity index (χ4v) is 3.89. The smallest absolute Gasteiger partial charge is 0.224 e. The van der Waals surface area contributed by atoms with Crippen LogP contribution < -0.4 is 0 Å². The molecular weight excluding hydrogens is 334 g/mol. The Hall–Kier alpha value is -1.79. The second kappa shape index (κ2) is 6.76. The molecule has 1 aromatic carbocycles. The minimum absolute atomic E-state index is 0.0375. The van der Waals surface area contributed by atoms with Gasteiger partial charge in [0, 0.05) is 29.0 Å². The Kier molecular flexibility index (Phi) is 4.73. The lowest BCUT2D eigenvalue weighted by atomic mass is 10.1. The average Bonchev–Trinajstić information content (AvgIpc) is 2.54. The van der Waals surface area contributed by atoms with Crippen LogP contribution in [0.4, 0.5) is 0 Å². The number of carbonyl (C=O) groups excluding carboxylic acids is 1. The van der Waals surface area contributed by atoms with Crippen molar-refractivity contribution in [3.05, 3.63) is 52.6 Å². The van der Waals surface area contributed by atoms with E-state index in [4.69, 9.17) is 11.6 Å². The third kappa shape index (κ3) is 3.59. The molecule has 1 atom stereocenters. The van der Waals surface area contributed by atoms with Crippen LogP contribution in [-0.2, 0) is 11.3 Å². The molecule has 1 N–H and O–H groups in total. The molecule has 120 valence electrons. The first-order chi connectivity index (χ1) is 11.0. The van der Waals surface area contributed by atoms with Crippen LogP contribution >= 0.6 is 23.4 Å². The fraction of sp³-hybridized carbons (Fsp3) is 0.312. The molecule has 1 saturated heterocycles. The first-order valence-electron chi connectivity index (χ1n) is 7.21. The van der Waals surface area contributed by atoms with Gasteiger partial charge in [-0.05, 0) is 25.1 Å². The first kappa shape index (κ1) is 16.1. The van der Waals surface area contributed by atoms with E-state index in [1.165, 1.54) is 0 Å². The quantitative estimate of drug-likeness (QED) is 0.920. The van der Waals surface area contributed by atoms with Gasteiger partial charge < -0.3 is 10.0 Å². The SMILES string of the molecule is Cc1cnc(CN2C(=O)CCSC2c2cc(Cl)ccc2O)cn1. The Balaban J connectivity index is 1.91. The number of benzene rings is 1. The molecule has 1 aliphatic heterocycles.